The molecule has 1 unspecified atom stereocenters. The number of benzene rings is 1. The molecule has 0 bridgehead atoms. The van der Waals surface area contributed by atoms with Gasteiger partial charge in [-0.25, -0.2) is 4.98 Å². The SMILES string of the molecule is CN1CCN(C2CCc3ccc(NS(=O)(=O)c4c(Cl)nc5sccn45)cc32)CC1. The fourth-order valence-electron chi connectivity index (χ4n) is 4.34. The molecule has 5 rings (SSSR count). The molecule has 2 aliphatic rings. The summed E-state index contributed by atoms with van der Waals surface area (Å²) in [7, 11) is -1.71. The van der Waals surface area contributed by atoms with E-state index in [0.717, 1.165) is 39.0 Å². The van der Waals surface area contributed by atoms with Crippen molar-refractivity contribution in [2.24, 2.45) is 0 Å². The first-order valence-corrected chi connectivity index (χ1v) is 12.4. The van der Waals surface area contributed by atoms with Crippen LogP contribution < -0.4 is 4.72 Å². The van der Waals surface area contributed by atoms with Gasteiger partial charge in [0.25, 0.3) is 10.0 Å². The first kappa shape index (κ1) is 19.3. The van der Waals surface area contributed by atoms with Crippen LogP contribution in [-0.4, -0.2) is 60.8 Å². The zero-order valence-electron chi connectivity index (χ0n) is 16.0. The number of likely N-dealkylation sites (N-methyl/N-ethyl adjacent to an activating group) is 1. The van der Waals surface area contributed by atoms with E-state index in [9.17, 15) is 8.42 Å². The van der Waals surface area contributed by atoms with Crippen molar-refractivity contribution < 1.29 is 8.42 Å². The Kier molecular flexibility index (Phi) is 4.83. The molecule has 3 heterocycles. The zero-order chi connectivity index (χ0) is 20.2. The van der Waals surface area contributed by atoms with E-state index >= 15 is 0 Å². The number of hydrogen-bond donors (Lipinski definition) is 1. The van der Waals surface area contributed by atoms with Crippen LogP contribution in [0.2, 0.25) is 5.15 Å². The van der Waals surface area contributed by atoms with Crippen molar-refractivity contribution in [3.8, 4) is 0 Å². The highest BCUT2D eigenvalue weighted by Crippen LogP contribution is 2.38. The van der Waals surface area contributed by atoms with Crippen LogP contribution >= 0.6 is 22.9 Å². The highest BCUT2D eigenvalue weighted by molar-refractivity contribution is 7.92. The number of nitrogens with one attached hydrogen (secondary N) is 1. The van der Waals surface area contributed by atoms with Crippen molar-refractivity contribution in [1.82, 2.24) is 19.2 Å². The number of aryl methyl sites for hydroxylation is 1. The average molecular weight is 452 g/mol. The van der Waals surface area contributed by atoms with E-state index in [1.54, 1.807) is 11.6 Å². The van der Waals surface area contributed by atoms with Gasteiger partial charge in [0, 0.05) is 49.5 Å². The number of fused-ring (bicyclic) bond motifs is 2. The Morgan fingerprint density at radius 2 is 2.03 bits per heavy atom. The van der Waals surface area contributed by atoms with Gasteiger partial charge in [-0.1, -0.05) is 17.7 Å². The third-order valence-electron chi connectivity index (χ3n) is 5.86. The molecule has 1 aromatic carbocycles. The first-order valence-electron chi connectivity index (χ1n) is 9.62. The van der Waals surface area contributed by atoms with Crippen LogP contribution in [0, 0.1) is 0 Å². The molecule has 3 aromatic rings. The van der Waals surface area contributed by atoms with Gasteiger partial charge in [-0.15, -0.1) is 11.3 Å². The van der Waals surface area contributed by atoms with Crippen LogP contribution in [0.4, 0.5) is 5.69 Å². The Bertz CT molecular complexity index is 1160. The van der Waals surface area contributed by atoms with E-state index in [-0.39, 0.29) is 10.2 Å². The highest BCUT2D eigenvalue weighted by atomic mass is 35.5. The normalized spacial score (nSPS) is 21.0. The molecule has 1 aliphatic carbocycles. The lowest BCUT2D eigenvalue weighted by Crippen LogP contribution is -2.45. The molecule has 0 radical (unpaired) electrons. The number of aromatic nitrogens is 2. The standard InChI is InChI=1S/C19H22ClN5O2S2/c1-23-6-8-24(9-7-23)16-5-3-13-2-4-14(12-15(13)16)22-29(26,27)18-17(20)21-19-25(18)10-11-28-19/h2,4,10-12,16,22H,3,5-9H2,1H3. The zero-order valence-corrected chi connectivity index (χ0v) is 18.4. The van der Waals surface area contributed by atoms with Crippen LogP contribution in [0.3, 0.4) is 0 Å². The quantitative estimate of drug-likeness (QED) is 0.660. The maximum atomic E-state index is 13.0. The smallest absolute Gasteiger partial charge is 0.281 e. The van der Waals surface area contributed by atoms with Crippen LogP contribution in [0.5, 0.6) is 0 Å². The molecule has 1 atom stereocenters. The number of nitrogens with zero attached hydrogens (tertiary/aromatic N) is 4. The maximum Gasteiger partial charge on any atom is 0.281 e. The van der Waals surface area contributed by atoms with Crippen molar-refractivity contribution in [3.63, 3.8) is 0 Å². The minimum absolute atomic E-state index is 0.0131. The largest absolute Gasteiger partial charge is 0.304 e. The van der Waals surface area contributed by atoms with Gasteiger partial charge in [0.15, 0.2) is 15.1 Å². The molecule has 1 fully saturated rings. The van der Waals surface area contributed by atoms with Crippen LogP contribution in [0.1, 0.15) is 23.6 Å². The summed E-state index contributed by atoms with van der Waals surface area (Å²) in [5.41, 5.74) is 3.10. The number of thiazole rings is 1. The Hall–Kier alpha value is -1.65. The molecule has 0 spiro atoms. The minimum atomic E-state index is -3.86. The fourth-order valence-corrected chi connectivity index (χ4v) is 6.84. The van der Waals surface area contributed by atoms with Gasteiger partial charge in [0.2, 0.25) is 0 Å². The van der Waals surface area contributed by atoms with Gasteiger partial charge in [0.1, 0.15) is 0 Å². The van der Waals surface area contributed by atoms with E-state index in [4.69, 9.17) is 11.6 Å². The van der Waals surface area contributed by atoms with Gasteiger partial charge >= 0.3 is 0 Å². The fraction of sp³-hybridized carbons (Fsp3) is 0.421. The first-order chi connectivity index (χ1) is 13.9. The second-order valence-electron chi connectivity index (χ2n) is 7.68. The molecule has 2 aromatic heterocycles. The van der Waals surface area contributed by atoms with E-state index in [1.807, 2.05) is 18.2 Å². The van der Waals surface area contributed by atoms with Crippen molar-refractivity contribution in [1.29, 1.82) is 0 Å². The molecule has 154 valence electrons. The van der Waals surface area contributed by atoms with Gasteiger partial charge < -0.3 is 4.90 Å². The minimum Gasteiger partial charge on any atom is -0.304 e. The predicted octanol–water partition coefficient (Wildman–Crippen LogP) is 3.08. The molecule has 1 N–H and O–H groups in total. The molecule has 0 saturated carbocycles. The molecule has 29 heavy (non-hydrogen) atoms. The van der Waals surface area contributed by atoms with Gasteiger partial charge in [-0.3, -0.25) is 14.0 Å². The van der Waals surface area contributed by atoms with Crippen LogP contribution in [0.25, 0.3) is 4.96 Å². The summed E-state index contributed by atoms with van der Waals surface area (Å²) >= 11 is 7.48. The monoisotopic (exact) mass is 451 g/mol. The summed E-state index contributed by atoms with van der Waals surface area (Å²) in [5, 5.41) is 1.75. The number of rotatable bonds is 4. The second-order valence-corrected chi connectivity index (χ2v) is 10.5. The molecule has 10 heteroatoms. The van der Waals surface area contributed by atoms with Crippen molar-refractivity contribution >= 4 is 43.6 Å². The number of sulfonamides is 1. The Morgan fingerprint density at radius 3 is 2.83 bits per heavy atom. The molecular weight excluding hydrogens is 430 g/mol. The number of halogens is 1. The Labute approximate surface area is 179 Å². The molecule has 7 nitrogen and oxygen atoms in total. The Balaban J connectivity index is 1.44. The molecule has 0 amide bonds. The second kappa shape index (κ2) is 7.24. The molecule has 1 saturated heterocycles. The molecular formula is C19H22ClN5O2S2. The van der Waals surface area contributed by atoms with Gasteiger partial charge in [0.05, 0.1) is 0 Å². The van der Waals surface area contributed by atoms with E-state index in [1.165, 1.54) is 26.9 Å². The van der Waals surface area contributed by atoms with Crippen LogP contribution in [0.15, 0.2) is 34.8 Å². The van der Waals surface area contributed by atoms with Gasteiger partial charge in [-0.05, 0) is 43.1 Å². The van der Waals surface area contributed by atoms with Crippen LogP contribution in [-0.2, 0) is 16.4 Å². The summed E-state index contributed by atoms with van der Waals surface area (Å²) < 4.78 is 30.3. The summed E-state index contributed by atoms with van der Waals surface area (Å²) in [6.07, 6.45) is 3.78. The lowest BCUT2D eigenvalue weighted by Gasteiger charge is -2.36. The third kappa shape index (κ3) is 3.44. The molecule has 1 aliphatic heterocycles. The third-order valence-corrected chi connectivity index (χ3v) is 8.39. The number of imidazole rings is 1. The predicted molar refractivity (Wildman–Crippen MR) is 115 cm³/mol. The lowest BCUT2D eigenvalue weighted by atomic mass is 10.1. The average Bonchev–Trinajstić information content (AvgIpc) is 3.35. The highest BCUT2D eigenvalue weighted by Gasteiger charge is 2.31. The number of anilines is 1. The summed E-state index contributed by atoms with van der Waals surface area (Å²) in [5.74, 6) is 0. The van der Waals surface area contributed by atoms with E-state index < -0.39 is 10.0 Å². The number of piperazine rings is 1. The summed E-state index contributed by atoms with van der Waals surface area (Å²) in [4.78, 5) is 9.56. The summed E-state index contributed by atoms with van der Waals surface area (Å²) in [6, 6.07) is 6.22. The van der Waals surface area contributed by atoms with E-state index in [0.29, 0.717) is 16.7 Å². The van der Waals surface area contributed by atoms with Crippen molar-refractivity contribution in [2.45, 2.75) is 23.9 Å². The number of hydrogen-bond acceptors (Lipinski definition) is 6. The van der Waals surface area contributed by atoms with Gasteiger partial charge in [-0.2, -0.15) is 8.42 Å². The topological polar surface area (TPSA) is 69.9 Å². The lowest BCUT2D eigenvalue weighted by molar-refractivity contribution is 0.111. The van der Waals surface area contributed by atoms with Crippen molar-refractivity contribution in [3.05, 3.63) is 46.1 Å². The van der Waals surface area contributed by atoms with Crippen molar-refractivity contribution in [2.75, 3.05) is 37.9 Å². The maximum absolute atomic E-state index is 13.0. The van der Waals surface area contributed by atoms with E-state index in [2.05, 4.69) is 26.6 Å². The Morgan fingerprint density at radius 1 is 1.24 bits per heavy atom. The summed E-state index contributed by atoms with van der Waals surface area (Å²) in [6.45, 7) is 4.21.